The summed E-state index contributed by atoms with van der Waals surface area (Å²) in [6.45, 7) is 0.610. The number of anilines is 1. The fourth-order valence-corrected chi connectivity index (χ4v) is 3.09. The standard InChI is InChI=1S/C15H16N6O2S/c1-20-10-18-15(21(22)23)14(20)17-8-4-6-13-19-12(9-24-13)11-5-2-3-7-16-11/h2-3,5,7,9-10,17H,4,6,8H2,1H3. The average molecular weight is 344 g/mol. The number of imidazole rings is 1. The summed E-state index contributed by atoms with van der Waals surface area (Å²) in [6.07, 6.45) is 4.80. The van der Waals surface area contributed by atoms with Crippen LogP contribution < -0.4 is 5.32 Å². The Kier molecular flexibility index (Phi) is 4.80. The lowest BCUT2D eigenvalue weighted by atomic mass is 10.3. The van der Waals surface area contributed by atoms with Crippen molar-refractivity contribution >= 4 is 23.0 Å². The average Bonchev–Trinajstić information content (AvgIpc) is 3.19. The number of hydrogen-bond acceptors (Lipinski definition) is 7. The summed E-state index contributed by atoms with van der Waals surface area (Å²) in [5.41, 5.74) is 1.74. The number of nitrogens with one attached hydrogen (secondary N) is 1. The summed E-state index contributed by atoms with van der Waals surface area (Å²) < 4.78 is 1.61. The van der Waals surface area contributed by atoms with Gasteiger partial charge in [0.1, 0.15) is 0 Å². The topological polar surface area (TPSA) is 98.8 Å². The number of nitrogens with zero attached hydrogens (tertiary/aromatic N) is 5. The Labute approximate surface area is 142 Å². The Morgan fingerprint density at radius 3 is 2.96 bits per heavy atom. The predicted molar refractivity (Wildman–Crippen MR) is 92.0 cm³/mol. The lowest BCUT2D eigenvalue weighted by Crippen LogP contribution is -2.08. The van der Waals surface area contributed by atoms with Crippen LogP contribution in [0.1, 0.15) is 11.4 Å². The second kappa shape index (κ2) is 7.18. The number of aryl methyl sites for hydroxylation is 2. The highest BCUT2D eigenvalue weighted by molar-refractivity contribution is 7.09. The summed E-state index contributed by atoms with van der Waals surface area (Å²) in [5.74, 6) is 0.275. The third kappa shape index (κ3) is 3.57. The van der Waals surface area contributed by atoms with Gasteiger partial charge in [0.05, 0.1) is 16.4 Å². The van der Waals surface area contributed by atoms with Crippen molar-refractivity contribution in [2.24, 2.45) is 7.05 Å². The minimum atomic E-state index is -0.484. The molecule has 0 radical (unpaired) electrons. The Morgan fingerprint density at radius 2 is 2.21 bits per heavy atom. The molecule has 3 heterocycles. The molecule has 8 nitrogen and oxygen atoms in total. The van der Waals surface area contributed by atoms with Crippen LogP contribution in [-0.2, 0) is 13.5 Å². The van der Waals surface area contributed by atoms with Crippen molar-refractivity contribution in [3.05, 3.63) is 51.2 Å². The first kappa shape index (κ1) is 16.1. The molecule has 0 aliphatic rings. The molecule has 0 aliphatic heterocycles. The van der Waals surface area contributed by atoms with Gasteiger partial charge in [-0.1, -0.05) is 6.07 Å². The van der Waals surface area contributed by atoms with E-state index in [1.807, 2.05) is 23.6 Å². The van der Waals surface area contributed by atoms with Crippen molar-refractivity contribution in [1.29, 1.82) is 0 Å². The molecule has 1 N–H and O–H groups in total. The Morgan fingerprint density at radius 1 is 1.33 bits per heavy atom. The van der Waals surface area contributed by atoms with Crippen LogP contribution in [0, 0.1) is 10.1 Å². The highest BCUT2D eigenvalue weighted by atomic mass is 32.1. The van der Waals surface area contributed by atoms with Crippen LogP contribution >= 0.6 is 11.3 Å². The zero-order chi connectivity index (χ0) is 16.9. The summed E-state index contributed by atoms with van der Waals surface area (Å²) in [4.78, 5) is 23.1. The molecule has 0 saturated heterocycles. The fourth-order valence-electron chi connectivity index (χ4n) is 2.26. The van der Waals surface area contributed by atoms with Gasteiger partial charge in [-0.2, -0.15) is 0 Å². The van der Waals surface area contributed by atoms with Gasteiger partial charge in [-0.05, 0) is 28.5 Å². The zero-order valence-corrected chi connectivity index (χ0v) is 13.9. The summed E-state index contributed by atoms with van der Waals surface area (Å²) in [5, 5.41) is 17.0. The van der Waals surface area contributed by atoms with Crippen molar-refractivity contribution in [3.63, 3.8) is 0 Å². The quantitative estimate of drug-likeness (QED) is 0.402. The number of pyridine rings is 1. The van der Waals surface area contributed by atoms with Gasteiger partial charge >= 0.3 is 5.82 Å². The van der Waals surface area contributed by atoms with Gasteiger partial charge in [-0.25, -0.2) is 4.98 Å². The summed E-state index contributed by atoms with van der Waals surface area (Å²) in [7, 11) is 1.72. The van der Waals surface area contributed by atoms with E-state index in [9.17, 15) is 10.1 Å². The van der Waals surface area contributed by atoms with Crippen molar-refractivity contribution in [1.82, 2.24) is 19.5 Å². The van der Waals surface area contributed by atoms with Crippen molar-refractivity contribution < 1.29 is 4.92 Å². The predicted octanol–water partition coefficient (Wildman–Crippen LogP) is 2.89. The molecule has 3 aromatic rings. The molecule has 124 valence electrons. The molecule has 9 heteroatoms. The molecule has 0 amide bonds. The maximum atomic E-state index is 10.9. The second-order valence-electron chi connectivity index (χ2n) is 5.16. The first-order valence-electron chi connectivity index (χ1n) is 7.40. The van der Waals surface area contributed by atoms with Crippen LogP contribution in [-0.4, -0.2) is 31.0 Å². The van der Waals surface area contributed by atoms with Crippen LogP contribution in [0.4, 0.5) is 11.6 Å². The maximum Gasteiger partial charge on any atom is 0.406 e. The van der Waals surface area contributed by atoms with Crippen LogP contribution in [0.2, 0.25) is 0 Å². The molecule has 24 heavy (non-hydrogen) atoms. The van der Waals surface area contributed by atoms with Crippen LogP contribution in [0.3, 0.4) is 0 Å². The van der Waals surface area contributed by atoms with Gasteiger partial charge in [0.2, 0.25) is 12.1 Å². The fraction of sp³-hybridized carbons (Fsp3) is 0.267. The van der Waals surface area contributed by atoms with E-state index >= 15 is 0 Å². The number of thiazole rings is 1. The first-order valence-corrected chi connectivity index (χ1v) is 8.28. The molecule has 0 fully saturated rings. The van der Waals surface area contributed by atoms with Crippen LogP contribution in [0.25, 0.3) is 11.4 Å². The van der Waals surface area contributed by atoms with Crippen molar-refractivity contribution in [3.8, 4) is 11.4 Å². The van der Waals surface area contributed by atoms with Crippen molar-refractivity contribution in [2.75, 3.05) is 11.9 Å². The maximum absolute atomic E-state index is 10.9. The number of aromatic nitrogens is 4. The third-order valence-electron chi connectivity index (χ3n) is 3.43. The zero-order valence-electron chi connectivity index (χ0n) is 13.0. The van der Waals surface area contributed by atoms with Gasteiger partial charge in [0.25, 0.3) is 0 Å². The normalized spacial score (nSPS) is 10.7. The third-order valence-corrected chi connectivity index (χ3v) is 4.34. The van der Waals surface area contributed by atoms with E-state index in [1.54, 1.807) is 29.1 Å². The monoisotopic (exact) mass is 344 g/mol. The van der Waals surface area contributed by atoms with Crippen LogP contribution in [0.5, 0.6) is 0 Å². The van der Waals surface area contributed by atoms with Crippen LogP contribution in [0.15, 0.2) is 36.1 Å². The van der Waals surface area contributed by atoms with E-state index in [1.165, 1.54) is 6.33 Å². The minimum absolute atomic E-state index is 0.149. The molecular weight excluding hydrogens is 328 g/mol. The van der Waals surface area contributed by atoms with E-state index in [4.69, 9.17) is 0 Å². The van der Waals surface area contributed by atoms with E-state index in [2.05, 4.69) is 20.3 Å². The molecule has 3 rings (SSSR count). The summed E-state index contributed by atoms with van der Waals surface area (Å²) >= 11 is 1.60. The van der Waals surface area contributed by atoms with Gasteiger partial charge in [-0.3, -0.25) is 9.55 Å². The van der Waals surface area contributed by atoms with Gasteiger partial charge in [0.15, 0.2) is 0 Å². The van der Waals surface area contributed by atoms with Gasteiger partial charge in [0, 0.05) is 31.6 Å². The molecular formula is C15H16N6O2S. The van der Waals surface area contributed by atoms with Gasteiger partial charge in [-0.15, -0.1) is 11.3 Å². The number of nitro groups is 1. The molecule has 0 saturated carbocycles. The van der Waals surface area contributed by atoms with E-state index in [0.717, 1.165) is 29.2 Å². The lowest BCUT2D eigenvalue weighted by Gasteiger charge is -2.05. The van der Waals surface area contributed by atoms with Crippen molar-refractivity contribution in [2.45, 2.75) is 12.8 Å². The van der Waals surface area contributed by atoms with Gasteiger partial charge < -0.3 is 15.4 Å². The SMILES string of the molecule is Cn1cnc([N+](=O)[O-])c1NCCCc1nc(-c2ccccn2)cs1. The number of rotatable bonds is 7. The molecule has 0 aromatic carbocycles. The Bertz CT molecular complexity index is 830. The highest BCUT2D eigenvalue weighted by Crippen LogP contribution is 2.22. The Balaban J connectivity index is 1.54. The Hall–Kier alpha value is -2.81. The lowest BCUT2D eigenvalue weighted by molar-refractivity contribution is -0.388. The summed E-state index contributed by atoms with van der Waals surface area (Å²) in [6, 6.07) is 5.74. The minimum Gasteiger partial charge on any atom is -0.364 e. The first-order chi connectivity index (χ1) is 11.6. The second-order valence-corrected chi connectivity index (χ2v) is 6.10. The molecule has 3 aromatic heterocycles. The highest BCUT2D eigenvalue weighted by Gasteiger charge is 2.19. The van der Waals surface area contributed by atoms with E-state index < -0.39 is 4.92 Å². The number of hydrogen-bond donors (Lipinski definition) is 1. The smallest absolute Gasteiger partial charge is 0.364 e. The largest absolute Gasteiger partial charge is 0.406 e. The van der Waals surface area contributed by atoms with E-state index in [-0.39, 0.29) is 5.82 Å². The van der Waals surface area contributed by atoms with E-state index in [0.29, 0.717) is 12.4 Å². The molecule has 0 aliphatic carbocycles. The molecule has 0 bridgehead atoms. The molecule has 0 atom stereocenters. The molecule has 0 unspecified atom stereocenters. The molecule has 0 spiro atoms.